The first-order chi connectivity index (χ1) is 9.72. The average molecular weight is 277 g/mol. The van der Waals surface area contributed by atoms with Crippen LogP contribution < -0.4 is 5.32 Å². The molecule has 0 aliphatic carbocycles. The summed E-state index contributed by atoms with van der Waals surface area (Å²) in [6.07, 6.45) is 0.720. The van der Waals surface area contributed by atoms with E-state index in [1.807, 2.05) is 25.1 Å². The van der Waals surface area contributed by atoms with E-state index < -0.39 is 0 Å². The maximum atomic E-state index is 12.0. The van der Waals surface area contributed by atoms with Crippen LogP contribution in [0.2, 0.25) is 0 Å². The SMILES string of the molecule is CCOC(=O)[C@@H]1CCOC[C@@H]1N[C@@H](C)c1ccccc1. The van der Waals surface area contributed by atoms with Gasteiger partial charge in [0.15, 0.2) is 0 Å². The summed E-state index contributed by atoms with van der Waals surface area (Å²) in [6, 6.07) is 10.4. The largest absolute Gasteiger partial charge is 0.466 e. The minimum atomic E-state index is -0.117. The summed E-state index contributed by atoms with van der Waals surface area (Å²) in [5, 5.41) is 3.50. The van der Waals surface area contributed by atoms with Crippen LogP contribution in [0, 0.1) is 5.92 Å². The van der Waals surface area contributed by atoms with E-state index in [0.29, 0.717) is 19.8 Å². The molecule has 0 spiro atoms. The highest BCUT2D eigenvalue weighted by Crippen LogP contribution is 2.21. The number of carbonyl (C=O) groups excluding carboxylic acids is 1. The maximum absolute atomic E-state index is 12.0. The van der Waals surface area contributed by atoms with Crippen molar-refractivity contribution in [2.75, 3.05) is 19.8 Å². The van der Waals surface area contributed by atoms with Crippen LogP contribution >= 0.6 is 0 Å². The van der Waals surface area contributed by atoms with Gasteiger partial charge in [0, 0.05) is 18.7 Å². The zero-order valence-electron chi connectivity index (χ0n) is 12.2. The Morgan fingerprint density at radius 2 is 2.20 bits per heavy atom. The zero-order chi connectivity index (χ0) is 14.4. The number of rotatable bonds is 5. The van der Waals surface area contributed by atoms with Gasteiger partial charge in [-0.15, -0.1) is 0 Å². The van der Waals surface area contributed by atoms with Crippen LogP contribution in [0.5, 0.6) is 0 Å². The summed E-state index contributed by atoms with van der Waals surface area (Å²) in [5.41, 5.74) is 1.21. The summed E-state index contributed by atoms with van der Waals surface area (Å²) in [5.74, 6) is -0.233. The lowest BCUT2D eigenvalue weighted by molar-refractivity contribution is -0.152. The van der Waals surface area contributed by atoms with Crippen LogP contribution in [0.3, 0.4) is 0 Å². The molecule has 4 nitrogen and oxygen atoms in total. The fourth-order valence-electron chi connectivity index (χ4n) is 2.59. The Morgan fingerprint density at radius 3 is 2.90 bits per heavy atom. The quantitative estimate of drug-likeness (QED) is 0.839. The molecule has 1 aromatic rings. The molecule has 0 radical (unpaired) electrons. The summed E-state index contributed by atoms with van der Waals surface area (Å²) in [6.45, 7) is 5.55. The van der Waals surface area contributed by atoms with Crippen molar-refractivity contribution in [3.05, 3.63) is 35.9 Å². The van der Waals surface area contributed by atoms with E-state index in [-0.39, 0.29) is 24.0 Å². The van der Waals surface area contributed by atoms with Gasteiger partial charge in [-0.2, -0.15) is 0 Å². The highest BCUT2D eigenvalue weighted by atomic mass is 16.5. The molecular weight excluding hydrogens is 254 g/mol. The van der Waals surface area contributed by atoms with E-state index in [2.05, 4.69) is 24.4 Å². The van der Waals surface area contributed by atoms with E-state index in [9.17, 15) is 4.79 Å². The predicted octanol–water partition coefficient (Wildman–Crippen LogP) is 2.31. The monoisotopic (exact) mass is 277 g/mol. The molecule has 1 saturated heterocycles. The van der Waals surface area contributed by atoms with Crippen LogP contribution in [0.1, 0.15) is 31.9 Å². The Balaban J connectivity index is 2.00. The summed E-state index contributed by atoms with van der Waals surface area (Å²) < 4.78 is 10.7. The van der Waals surface area contributed by atoms with Crippen LogP contribution in [0.25, 0.3) is 0 Å². The lowest BCUT2D eigenvalue weighted by Crippen LogP contribution is -2.48. The molecule has 0 saturated carbocycles. The number of hydrogen-bond donors (Lipinski definition) is 1. The van der Waals surface area contributed by atoms with Crippen LogP contribution in [-0.4, -0.2) is 31.8 Å². The molecule has 1 fully saturated rings. The van der Waals surface area contributed by atoms with Gasteiger partial charge in [-0.1, -0.05) is 30.3 Å². The second-order valence-electron chi connectivity index (χ2n) is 5.13. The molecule has 2 rings (SSSR count). The first-order valence-electron chi connectivity index (χ1n) is 7.27. The van der Waals surface area contributed by atoms with Crippen molar-refractivity contribution in [3.63, 3.8) is 0 Å². The second-order valence-corrected chi connectivity index (χ2v) is 5.13. The van der Waals surface area contributed by atoms with Crippen LogP contribution in [-0.2, 0) is 14.3 Å². The Kier molecular flexibility index (Phi) is 5.56. The molecule has 0 unspecified atom stereocenters. The number of ether oxygens (including phenoxy) is 2. The van der Waals surface area contributed by atoms with E-state index in [0.717, 1.165) is 6.42 Å². The van der Waals surface area contributed by atoms with Gasteiger partial charge in [-0.3, -0.25) is 4.79 Å². The van der Waals surface area contributed by atoms with Crippen molar-refractivity contribution in [2.24, 2.45) is 5.92 Å². The van der Waals surface area contributed by atoms with Crippen molar-refractivity contribution in [2.45, 2.75) is 32.4 Å². The molecular formula is C16H23NO3. The van der Waals surface area contributed by atoms with Crippen molar-refractivity contribution in [3.8, 4) is 0 Å². The van der Waals surface area contributed by atoms with Crippen molar-refractivity contribution in [1.29, 1.82) is 0 Å². The molecule has 0 aromatic heterocycles. The number of hydrogen-bond acceptors (Lipinski definition) is 4. The Hall–Kier alpha value is -1.39. The molecule has 1 N–H and O–H groups in total. The van der Waals surface area contributed by atoms with Gasteiger partial charge in [-0.05, 0) is 25.8 Å². The van der Waals surface area contributed by atoms with Gasteiger partial charge in [0.05, 0.1) is 19.1 Å². The van der Waals surface area contributed by atoms with E-state index in [1.54, 1.807) is 0 Å². The van der Waals surface area contributed by atoms with E-state index in [1.165, 1.54) is 5.56 Å². The fourth-order valence-corrected chi connectivity index (χ4v) is 2.59. The number of carbonyl (C=O) groups is 1. The van der Waals surface area contributed by atoms with Crippen molar-refractivity contribution >= 4 is 5.97 Å². The molecule has 20 heavy (non-hydrogen) atoms. The molecule has 0 bridgehead atoms. The van der Waals surface area contributed by atoms with E-state index >= 15 is 0 Å². The third-order valence-corrected chi connectivity index (χ3v) is 3.71. The van der Waals surface area contributed by atoms with Gasteiger partial charge < -0.3 is 14.8 Å². The lowest BCUT2D eigenvalue weighted by atomic mass is 9.93. The molecule has 3 atom stereocenters. The first-order valence-corrected chi connectivity index (χ1v) is 7.27. The Morgan fingerprint density at radius 1 is 1.45 bits per heavy atom. The Labute approximate surface area is 120 Å². The smallest absolute Gasteiger partial charge is 0.310 e. The third kappa shape index (κ3) is 3.81. The Bertz CT molecular complexity index is 421. The van der Waals surface area contributed by atoms with E-state index in [4.69, 9.17) is 9.47 Å². The molecule has 110 valence electrons. The minimum absolute atomic E-state index is 0.0120. The van der Waals surface area contributed by atoms with Gasteiger partial charge >= 0.3 is 5.97 Å². The topological polar surface area (TPSA) is 47.6 Å². The normalized spacial score (nSPS) is 24.1. The van der Waals surface area contributed by atoms with Crippen LogP contribution in [0.4, 0.5) is 0 Å². The maximum Gasteiger partial charge on any atom is 0.310 e. The summed E-state index contributed by atoms with van der Waals surface area (Å²) in [7, 11) is 0. The molecule has 0 amide bonds. The summed E-state index contributed by atoms with van der Waals surface area (Å²) >= 11 is 0. The highest BCUT2D eigenvalue weighted by Gasteiger charge is 2.33. The standard InChI is InChI=1S/C16H23NO3/c1-3-20-16(18)14-9-10-19-11-15(14)17-12(2)13-7-5-4-6-8-13/h4-8,12,14-15,17H,3,9-11H2,1-2H3/t12-,14+,15-/m0/s1. The molecule has 4 heteroatoms. The van der Waals surface area contributed by atoms with Crippen LogP contribution in [0.15, 0.2) is 30.3 Å². The molecule has 1 aliphatic heterocycles. The average Bonchev–Trinajstić information content (AvgIpc) is 2.49. The fraction of sp³-hybridized carbons (Fsp3) is 0.562. The minimum Gasteiger partial charge on any atom is -0.466 e. The third-order valence-electron chi connectivity index (χ3n) is 3.71. The molecule has 1 aliphatic rings. The van der Waals surface area contributed by atoms with Gasteiger partial charge in [0.1, 0.15) is 0 Å². The number of esters is 1. The van der Waals surface area contributed by atoms with Gasteiger partial charge in [-0.25, -0.2) is 0 Å². The van der Waals surface area contributed by atoms with Gasteiger partial charge in [0.2, 0.25) is 0 Å². The van der Waals surface area contributed by atoms with Gasteiger partial charge in [0.25, 0.3) is 0 Å². The first kappa shape index (κ1) is 15.0. The summed E-state index contributed by atoms with van der Waals surface area (Å²) in [4.78, 5) is 12.0. The molecule has 1 aromatic carbocycles. The zero-order valence-corrected chi connectivity index (χ0v) is 12.2. The lowest BCUT2D eigenvalue weighted by Gasteiger charge is -2.33. The number of nitrogens with one attached hydrogen (secondary N) is 1. The molecule has 1 heterocycles. The highest BCUT2D eigenvalue weighted by molar-refractivity contribution is 5.73. The second kappa shape index (κ2) is 7.41. The van der Waals surface area contributed by atoms with Crippen molar-refractivity contribution in [1.82, 2.24) is 5.32 Å². The predicted molar refractivity (Wildman–Crippen MR) is 77.3 cm³/mol. The number of benzene rings is 1. The van der Waals surface area contributed by atoms with Crippen molar-refractivity contribution < 1.29 is 14.3 Å².